The third-order valence-corrected chi connectivity index (χ3v) is 3.98. The Morgan fingerprint density at radius 2 is 1.83 bits per heavy atom. The van der Waals surface area contributed by atoms with Gasteiger partial charge in [-0.05, 0) is 31.5 Å². The summed E-state index contributed by atoms with van der Waals surface area (Å²) in [5.41, 5.74) is 0.670. The molecule has 1 aromatic carbocycles. The maximum atomic E-state index is 11.4. The summed E-state index contributed by atoms with van der Waals surface area (Å²) < 4.78 is 16.0. The molecule has 1 aromatic heterocycles. The fourth-order valence-corrected chi connectivity index (χ4v) is 2.62. The van der Waals surface area contributed by atoms with Crippen molar-refractivity contribution in [1.82, 2.24) is 0 Å². The summed E-state index contributed by atoms with van der Waals surface area (Å²) in [6, 6.07) is 6.29. The minimum absolute atomic E-state index is 0.311. The van der Waals surface area contributed by atoms with E-state index < -0.39 is 36.3 Å². The molecule has 1 saturated heterocycles. The van der Waals surface area contributed by atoms with E-state index in [1.807, 2.05) is 0 Å². The van der Waals surface area contributed by atoms with E-state index in [1.54, 1.807) is 26.0 Å². The number of aryl methyl sites for hydroxylation is 1. The Bertz CT molecular complexity index is 769. The summed E-state index contributed by atoms with van der Waals surface area (Å²) in [6.45, 7) is 3.37. The lowest BCUT2D eigenvalue weighted by molar-refractivity contribution is -0.268. The number of fused-ring (bicyclic) bond motifs is 1. The van der Waals surface area contributed by atoms with E-state index in [-0.39, 0.29) is 0 Å². The van der Waals surface area contributed by atoms with Crippen LogP contribution in [0, 0.1) is 6.92 Å². The van der Waals surface area contributed by atoms with Gasteiger partial charge in [-0.15, -0.1) is 0 Å². The van der Waals surface area contributed by atoms with E-state index in [2.05, 4.69) is 0 Å². The van der Waals surface area contributed by atoms with E-state index in [9.17, 15) is 20.1 Å². The molecule has 0 radical (unpaired) electrons. The van der Waals surface area contributed by atoms with Gasteiger partial charge in [0, 0.05) is 17.5 Å². The van der Waals surface area contributed by atoms with Gasteiger partial charge in [0.1, 0.15) is 29.6 Å². The number of ether oxygens (including phenoxy) is 2. The molecule has 2 aromatic rings. The van der Waals surface area contributed by atoms with Crippen molar-refractivity contribution in [2.75, 3.05) is 0 Å². The van der Waals surface area contributed by atoms with E-state index >= 15 is 0 Å². The van der Waals surface area contributed by atoms with Crippen molar-refractivity contribution >= 4 is 11.0 Å². The number of hydrogen-bond acceptors (Lipinski definition) is 7. The Hall–Kier alpha value is -1.93. The molecule has 0 saturated carbocycles. The summed E-state index contributed by atoms with van der Waals surface area (Å²) in [4.78, 5) is 11.4. The molecule has 23 heavy (non-hydrogen) atoms. The van der Waals surface area contributed by atoms with Gasteiger partial charge in [-0.2, -0.15) is 0 Å². The zero-order chi connectivity index (χ0) is 16.7. The van der Waals surface area contributed by atoms with E-state index in [0.29, 0.717) is 11.3 Å². The molecule has 1 fully saturated rings. The van der Waals surface area contributed by atoms with Crippen LogP contribution in [0.5, 0.6) is 5.75 Å². The minimum atomic E-state index is -1.40. The number of rotatable bonds is 2. The molecule has 0 aliphatic carbocycles. The van der Waals surface area contributed by atoms with Crippen LogP contribution in [0.2, 0.25) is 0 Å². The first-order chi connectivity index (χ1) is 10.9. The first-order valence-electron chi connectivity index (χ1n) is 7.27. The topological polar surface area (TPSA) is 109 Å². The molecule has 2 heterocycles. The van der Waals surface area contributed by atoms with E-state index in [0.717, 1.165) is 10.9 Å². The molecule has 5 atom stereocenters. The lowest BCUT2D eigenvalue weighted by Gasteiger charge is -2.38. The predicted molar refractivity (Wildman–Crippen MR) is 80.2 cm³/mol. The molecule has 0 bridgehead atoms. The van der Waals surface area contributed by atoms with Crippen LogP contribution < -0.4 is 10.4 Å². The summed E-state index contributed by atoms with van der Waals surface area (Å²) in [6.07, 6.45) is -5.80. The van der Waals surface area contributed by atoms with Crippen LogP contribution in [0.3, 0.4) is 0 Å². The Morgan fingerprint density at radius 3 is 2.57 bits per heavy atom. The van der Waals surface area contributed by atoms with Crippen LogP contribution in [0.25, 0.3) is 11.0 Å². The highest BCUT2D eigenvalue weighted by molar-refractivity contribution is 5.81. The number of aliphatic hydroxyl groups excluding tert-OH is 3. The summed E-state index contributed by atoms with van der Waals surface area (Å²) in [7, 11) is 0. The second kappa shape index (κ2) is 5.93. The molecule has 0 amide bonds. The molecular formula is C16H18O7. The van der Waals surface area contributed by atoms with Gasteiger partial charge in [0.2, 0.25) is 6.29 Å². The Labute approximate surface area is 131 Å². The number of hydrogen-bond donors (Lipinski definition) is 3. The molecule has 7 heteroatoms. The van der Waals surface area contributed by atoms with Crippen LogP contribution in [0.15, 0.2) is 33.5 Å². The van der Waals surface area contributed by atoms with Gasteiger partial charge < -0.3 is 29.2 Å². The van der Waals surface area contributed by atoms with Crippen molar-refractivity contribution in [2.45, 2.75) is 44.6 Å². The van der Waals surface area contributed by atoms with E-state index in [1.165, 1.54) is 12.1 Å². The SMILES string of the molecule is Cc1cc(=O)oc2cc(O[C@@H]3O[C@@H](C)[C@H](O)[C@@H](O)[C@@H]3O)ccc12. The van der Waals surface area contributed by atoms with Gasteiger partial charge in [-0.25, -0.2) is 4.79 Å². The first-order valence-corrected chi connectivity index (χ1v) is 7.27. The van der Waals surface area contributed by atoms with Crippen molar-refractivity contribution in [1.29, 1.82) is 0 Å². The van der Waals surface area contributed by atoms with Crippen LogP contribution in [-0.4, -0.2) is 46.0 Å². The van der Waals surface area contributed by atoms with Crippen molar-refractivity contribution < 1.29 is 29.2 Å². The smallest absolute Gasteiger partial charge is 0.336 e. The van der Waals surface area contributed by atoms with Gasteiger partial charge in [-0.1, -0.05) is 0 Å². The lowest BCUT2D eigenvalue weighted by atomic mass is 10.00. The monoisotopic (exact) mass is 322 g/mol. The van der Waals surface area contributed by atoms with Crippen LogP contribution in [-0.2, 0) is 4.74 Å². The molecule has 3 rings (SSSR count). The number of benzene rings is 1. The van der Waals surface area contributed by atoms with Gasteiger partial charge >= 0.3 is 5.63 Å². The zero-order valence-corrected chi connectivity index (χ0v) is 12.7. The average Bonchev–Trinajstić information content (AvgIpc) is 2.50. The first kappa shape index (κ1) is 15.9. The van der Waals surface area contributed by atoms with Crippen molar-refractivity contribution in [3.05, 3.63) is 40.2 Å². The normalized spacial score (nSPS) is 31.3. The Morgan fingerprint density at radius 1 is 1.09 bits per heavy atom. The molecule has 0 spiro atoms. The van der Waals surface area contributed by atoms with Crippen molar-refractivity contribution in [3.63, 3.8) is 0 Å². The molecule has 124 valence electrons. The Kier molecular flexibility index (Phi) is 4.11. The molecule has 1 aliphatic rings. The average molecular weight is 322 g/mol. The maximum Gasteiger partial charge on any atom is 0.336 e. The molecule has 1 aliphatic heterocycles. The highest BCUT2D eigenvalue weighted by Crippen LogP contribution is 2.27. The van der Waals surface area contributed by atoms with Gasteiger partial charge in [0.05, 0.1) is 6.10 Å². The third kappa shape index (κ3) is 2.96. The maximum absolute atomic E-state index is 11.4. The van der Waals surface area contributed by atoms with Crippen LogP contribution in [0.4, 0.5) is 0 Å². The van der Waals surface area contributed by atoms with E-state index in [4.69, 9.17) is 13.9 Å². The van der Waals surface area contributed by atoms with Gasteiger partial charge in [-0.3, -0.25) is 0 Å². The summed E-state index contributed by atoms with van der Waals surface area (Å²) in [5.74, 6) is 0.311. The highest BCUT2D eigenvalue weighted by Gasteiger charge is 2.43. The quantitative estimate of drug-likeness (QED) is 0.683. The van der Waals surface area contributed by atoms with Crippen LogP contribution in [0.1, 0.15) is 12.5 Å². The largest absolute Gasteiger partial charge is 0.462 e. The molecule has 7 nitrogen and oxygen atoms in total. The molecule has 0 unspecified atom stereocenters. The predicted octanol–water partition coefficient (Wildman–Crippen LogP) is 0.308. The molecule has 3 N–H and O–H groups in total. The van der Waals surface area contributed by atoms with Gasteiger partial charge in [0.25, 0.3) is 0 Å². The molecular weight excluding hydrogens is 304 g/mol. The van der Waals surface area contributed by atoms with Gasteiger partial charge in [0.15, 0.2) is 0 Å². The number of aliphatic hydroxyl groups is 3. The Balaban J connectivity index is 1.88. The fourth-order valence-electron chi connectivity index (χ4n) is 2.62. The van der Waals surface area contributed by atoms with Crippen LogP contribution >= 0.6 is 0 Å². The van der Waals surface area contributed by atoms with Crippen molar-refractivity contribution in [2.24, 2.45) is 0 Å². The highest BCUT2D eigenvalue weighted by atomic mass is 16.7. The second-order valence-corrected chi connectivity index (χ2v) is 5.71. The minimum Gasteiger partial charge on any atom is -0.462 e. The second-order valence-electron chi connectivity index (χ2n) is 5.71. The van der Waals surface area contributed by atoms with Crippen molar-refractivity contribution in [3.8, 4) is 5.75 Å². The summed E-state index contributed by atoms with van der Waals surface area (Å²) in [5, 5.41) is 30.2. The third-order valence-electron chi connectivity index (χ3n) is 3.98. The fraction of sp³-hybridized carbons (Fsp3) is 0.438. The summed E-state index contributed by atoms with van der Waals surface area (Å²) >= 11 is 0. The lowest BCUT2D eigenvalue weighted by Crippen LogP contribution is -2.58. The zero-order valence-electron chi connectivity index (χ0n) is 12.7. The standard InChI is InChI=1S/C16H18O7/c1-7-5-12(17)23-11-6-9(3-4-10(7)11)22-16-15(20)14(19)13(18)8(2)21-16/h3-6,8,13-16,18-20H,1-2H3/t8-,13-,14+,15-,16-/m0/s1.